The zero-order valence-corrected chi connectivity index (χ0v) is 18.5. The van der Waals surface area contributed by atoms with Gasteiger partial charge in [-0.2, -0.15) is 0 Å². The smallest absolute Gasteiger partial charge is 0.290 e. The number of benzene rings is 2. The summed E-state index contributed by atoms with van der Waals surface area (Å²) in [6.07, 6.45) is 1.94. The molecule has 1 aromatic heterocycles. The van der Waals surface area contributed by atoms with Crippen LogP contribution in [0.3, 0.4) is 0 Å². The number of ether oxygens (including phenoxy) is 2. The summed E-state index contributed by atoms with van der Waals surface area (Å²) in [5.74, 6) is 0.724. The van der Waals surface area contributed by atoms with Crippen LogP contribution in [0.4, 0.5) is 0 Å². The Morgan fingerprint density at radius 1 is 1.12 bits per heavy atom. The number of β-amino-alcohol motifs (C(OH)–C–C–N with tert-alkyl or cyclic N) is 1. The van der Waals surface area contributed by atoms with Crippen LogP contribution in [0, 0.1) is 6.92 Å². The molecular formula is C25H27NO6. The molecule has 0 spiro atoms. The predicted molar refractivity (Wildman–Crippen MR) is 121 cm³/mol. The van der Waals surface area contributed by atoms with Gasteiger partial charge in [0.05, 0.1) is 37.3 Å². The maximum atomic E-state index is 13.5. The van der Waals surface area contributed by atoms with E-state index in [4.69, 9.17) is 13.9 Å². The molecule has 0 aliphatic carbocycles. The Hall–Kier alpha value is -3.32. The molecular weight excluding hydrogens is 410 g/mol. The predicted octanol–water partition coefficient (Wildman–Crippen LogP) is 3.83. The van der Waals surface area contributed by atoms with Gasteiger partial charge in [0.2, 0.25) is 5.76 Å². The van der Waals surface area contributed by atoms with Crippen LogP contribution in [0.25, 0.3) is 11.0 Å². The highest BCUT2D eigenvalue weighted by atomic mass is 16.5. The van der Waals surface area contributed by atoms with Gasteiger partial charge in [0.15, 0.2) is 16.9 Å². The van der Waals surface area contributed by atoms with Crippen molar-refractivity contribution in [1.29, 1.82) is 0 Å². The van der Waals surface area contributed by atoms with Crippen molar-refractivity contribution in [2.75, 3.05) is 26.9 Å². The van der Waals surface area contributed by atoms with E-state index in [1.54, 1.807) is 31.4 Å². The van der Waals surface area contributed by atoms with Crippen LogP contribution >= 0.6 is 0 Å². The van der Waals surface area contributed by atoms with Crippen LogP contribution in [0.1, 0.15) is 53.1 Å². The molecule has 1 unspecified atom stereocenters. The summed E-state index contributed by atoms with van der Waals surface area (Å²) in [5.41, 5.74) is 2.02. The maximum absolute atomic E-state index is 13.5. The van der Waals surface area contributed by atoms with E-state index >= 15 is 0 Å². The first-order valence-corrected chi connectivity index (χ1v) is 10.8. The zero-order valence-electron chi connectivity index (χ0n) is 18.5. The molecule has 2 aromatic carbocycles. The summed E-state index contributed by atoms with van der Waals surface area (Å²) >= 11 is 0. The number of carbonyl (C=O) groups is 1. The average molecular weight is 437 g/mol. The minimum atomic E-state index is -0.690. The molecule has 1 N–H and O–H groups in total. The molecule has 7 heteroatoms. The van der Waals surface area contributed by atoms with E-state index in [1.165, 1.54) is 4.90 Å². The molecule has 0 saturated heterocycles. The highest BCUT2D eigenvalue weighted by Gasteiger charge is 2.42. The first-order chi connectivity index (χ1) is 15.5. The fraction of sp³-hybridized carbons (Fsp3) is 0.360. The van der Waals surface area contributed by atoms with Gasteiger partial charge in [0.1, 0.15) is 5.58 Å². The number of carbonyl (C=O) groups excluding carboxylic acids is 1. The minimum Gasteiger partial charge on any atom is -0.493 e. The number of hydrogen-bond acceptors (Lipinski definition) is 6. The summed E-state index contributed by atoms with van der Waals surface area (Å²) in [6.45, 7) is 4.39. The number of aliphatic hydroxyl groups excluding tert-OH is 1. The Kier molecular flexibility index (Phi) is 6.19. The molecule has 1 atom stereocenters. The van der Waals surface area contributed by atoms with E-state index in [9.17, 15) is 14.7 Å². The van der Waals surface area contributed by atoms with Crippen molar-refractivity contribution < 1.29 is 23.8 Å². The lowest BCUT2D eigenvalue weighted by Gasteiger charge is -2.25. The van der Waals surface area contributed by atoms with Gasteiger partial charge in [-0.25, -0.2) is 0 Å². The van der Waals surface area contributed by atoms with Crippen molar-refractivity contribution in [2.45, 2.75) is 32.7 Å². The van der Waals surface area contributed by atoms with Gasteiger partial charge in [0.25, 0.3) is 5.91 Å². The molecule has 3 aromatic rings. The van der Waals surface area contributed by atoms with Gasteiger partial charge < -0.3 is 23.9 Å². The van der Waals surface area contributed by atoms with Crippen LogP contribution in [0.15, 0.2) is 45.6 Å². The second-order valence-electron chi connectivity index (χ2n) is 7.91. The molecule has 1 amide bonds. The molecule has 168 valence electrons. The van der Waals surface area contributed by atoms with Gasteiger partial charge in [-0.15, -0.1) is 0 Å². The second kappa shape index (κ2) is 9.04. The maximum Gasteiger partial charge on any atom is 0.290 e. The number of rotatable bonds is 8. The summed E-state index contributed by atoms with van der Waals surface area (Å²) in [4.78, 5) is 28.1. The first-order valence-electron chi connectivity index (χ1n) is 10.8. The molecule has 1 aliphatic rings. The highest BCUT2D eigenvalue weighted by Crippen LogP contribution is 2.40. The van der Waals surface area contributed by atoms with Crippen molar-refractivity contribution in [1.82, 2.24) is 4.90 Å². The number of unbranched alkanes of at least 4 members (excludes halogenated alkanes) is 1. The Morgan fingerprint density at radius 2 is 1.94 bits per heavy atom. The largest absolute Gasteiger partial charge is 0.493 e. The number of aryl methyl sites for hydroxylation is 1. The molecule has 0 radical (unpaired) electrons. The summed E-state index contributed by atoms with van der Waals surface area (Å²) in [7, 11) is 1.55. The third-order valence-electron chi connectivity index (χ3n) is 5.72. The van der Waals surface area contributed by atoms with E-state index in [0.717, 1.165) is 18.4 Å². The zero-order chi connectivity index (χ0) is 22.8. The lowest BCUT2D eigenvalue weighted by Crippen LogP contribution is -2.32. The standard InChI is InChI=1S/C25H27NO6/c1-4-5-12-31-19-9-7-16(14-20(19)30-3)22-21-23(28)17-13-15(2)6-8-18(17)32-24(21)25(29)26(22)10-11-27/h6-9,13-14,22,27H,4-5,10-12H2,1-3H3. The number of amides is 1. The van der Waals surface area contributed by atoms with Gasteiger partial charge in [-0.05, 0) is 43.2 Å². The monoisotopic (exact) mass is 437 g/mol. The van der Waals surface area contributed by atoms with Gasteiger partial charge >= 0.3 is 0 Å². The molecule has 2 heterocycles. The summed E-state index contributed by atoms with van der Waals surface area (Å²) < 4.78 is 17.2. The third kappa shape index (κ3) is 3.73. The van der Waals surface area contributed by atoms with Gasteiger partial charge in [0, 0.05) is 6.54 Å². The van der Waals surface area contributed by atoms with E-state index < -0.39 is 11.9 Å². The van der Waals surface area contributed by atoms with Crippen molar-refractivity contribution in [2.24, 2.45) is 0 Å². The Balaban J connectivity index is 1.86. The molecule has 0 fully saturated rings. The fourth-order valence-electron chi connectivity index (χ4n) is 4.12. The van der Waals surface area contributed by atoms with Crippen molar-refractivity contribution in [3.05, 3.63) is 69.1 Å². The number of hydrogen-bond donors (Lipinski definition) is 1. The van der Waals surface area contributed by atoms with Crippen LogP contribution in [0.5, 0.6) is 11.5 Å². The highest BCUT2D eigenvalue weighted by molar-refractivity contribution is 5.99. The normalized spacial score (nSPS) is 15.3. The van der Waals surface area contributed by atoms with Crippen molar-refractivity contribution >= 4 is 16.9 Å². The molecule has 7 nitrogen and oxygen atoms in total. The Morgan fingerprint density at radius 3 is 2.66 bits per heavy atom. The van der Waals surface area contributed by atoms with Crippen molar-refractivity contribution in [3.63, 3.8) is 0 Å². The summed E-state index contributed by atoms with van der Waals surface area (Å²) in [5, 5.41) is 10.0. The van der Waals surface area contributed by atoms with Gasteiger partial charge in [-0.1, -0.05) is 31.0 Å². The van der Waals surface area contributed by atoms with Crippen LogP contribution in [-0.2, 0) is 0 Å². The van der Waals surface area contributed by atoms with E-state index in [2.05, 4.69) is 6.92 Å². The minimum absolute atomic E-state index is 0.0204. The Bertz CT molecular complexity index is 1220. The quantitative estimate of drug-likeness (QED) is 0.539. The number of methoxy groups -OCH3 is 1. The third-order valence-corrected chi connectivity index (χ3v) is 5.72. The SMILES string of the molecule is CCCCOc1ccc(C2c3c(oc4ccc(C)cc4c3=O)C(=O)N2CCO)cc1OC. The summed E-state index contributed by atoms with van der Waals surface area (Å²) in [6, 6.07) is 10.00. The average Bonchev–Trinajstić information content (AvgIpc) is 3.07. The topological polar surface area (TPSA) is 89.2 Å². The van der Waals surface area contributed by atoms with Crippen LogP contribution < -0.4 is 14.9 Å². The van der Waals surface area contributed by atoms with Crippen molar-refractivity contribution in [3.8, 4) is 11.5 Å². The molecule has 0 saturated carbocycles. The fourth-order valence-corrected chi connectivity index (χ4v) is 4.12. The first kappa shape index (κ1) is 21.9. The van der Waals surface area contributed by atoms with Crippen LogP contribution in [0.2, 0.25) is 0 Å². The number of fused-ring (bicyclic) bond motifs is 2. The Labute approximate surface area is 186 Å². The van der Waals surface area contributed by atoms with Gasteiger partial charge in [-0.3, -0.25) is 9.59 Å². The lowest BCUT2D eigenvalue weighted by atomic mass is 9.97. The molecule has 1 aliphatic heterocycles. The lowest BCUT2D eigenvalue weighted by molar-refractivity contribution is 0.0691. The van der Waals surface area contributed by atoms with E-state index in [1.807, 2.05) is 19.1 Å². The molecule has 4 rings (SSSR count). The van der Waals surface area contributed by atoms with E-state index in [0.29, 0.717) is 34.6 Å². The van der Waals surface area contributed by atoms with Crippen LogP contribution in [-0.4, -0.2) is 42.8 Å². The molecule has 32 heavy (non-hydrogen) atoms. The number of aliphatic hydroxyl groups is 1. The molecule has 0 bridgehead atoms. The second-order valence-corrected chi connectivity index (χ2v) is 7.91. The number of nitrogens with zero attached hydrogens (tertiary/aromatic N) is 1. The van der Waals surface area contributed by atoms with E-state index in [-0.39, 0.29) is 29.9 Å².